The molecule has 0 spiro atoms. The Bertz CT molecular complexity index is 693. The minimum atomic E-state index is -0.428. The van der Waals surface area contributed by atoms with Gasteiger partial charge in [0.15, 0.2) is 5.76 Å². The Morgan fingerprint density at radius 2 is 2.04 bits per heavy atom. The number of carbonyl (C=O) groups is 1. The van der Waals surface area contributed by atoms with E-state index in [0.717, 1.165) is 42.9 Å². The number of nitrogens with one attached hydrogen (secondary N) is 1. The van der Waals surface area contributed by atoms with Crippen molar-refractivity contribution in [3.05, 3.63) is 41.6 Å². The number of carbonyl (C=O) groups excluding carboxylic acids is 1. The molecular formula is C19H24N2O4. The van der Waals surface area contributed by atoms with E-state index in [1.165, 1.54) is 0 Å². The van der Waals surface area contributed by atoms with Crippen molar-refractivity contribution in [3.8, 4) is 11.3 Å². The van der Waals surface area contributed by atoms with Gasteiger partial charge in [-0.15, -0.1) is 0 Å². The number of ether oxygens (including phenoxy) is 2. The summed E-state index contributed by atoms with van der Waals surface area (Å²) in [5, 5.41) is 6.83. The van der Waals surface area contributed by atoms with E-state index in [1.807, 2.05) is 44.2 Å². The highest BCUT2D eigenvalue weighted by Gasteiger charge is 2.23. The Hall–Kier alpha value is -2.34. The molecule has 1 atom stereocenters. The SMILES string of the molecule is Cc1c(CNC(=O)O[C@@H](C)C2CCOCC2)noc1-c1ccccc1. The van der Waals surface area contributed by atoms with Crippen LogP contribution in [0.15, 0.2) is 34.9 Å². The smallest absolute Gasteiger partial charge is 0.407 e. The zero-order chi connectivity index (χ0) is 17.6. The van der Waals surface area contributed by atoms with Crippen LogP contribution in [0.4, 0.5) is 4.79 Å². The summed E-state index contributed by atoms with van der Waals surface area (Å²) in [6, 6.07) is 9.78. The second kappa shape index (κ2) is 8.16. The van der Waals surface area contributed by atoms with Gasteiger partial charge in [0.05, 0.1) is 6.54 Å². The van der Waals surface area contributed by atoms with Gasteiger partial charge in [0.1, 0.15) is 11.8 Å². The molecule has 0 unspecified atom stereocenters. The third kappa shape index (κ3) is 4.39. The van der Waals surface area contributed by atoms with Crippen LogP contribution in [0.5, 0.6) is 0 Å². The van der Waals surface area contributed by atoms with Crippen molar-refractivity contribution >= 4 is 6.09 Å². The van der Waals surface area contributed by atoms with E-state index in [4.69, 9.17) is 14.0 Å². The van der Waals surface area contributed by atoms with Gasteiger partial charge in [-0.05, 0) is 26.7 Å². The van der Waals surface area contributed by atoms with Crippen LogP contribution in [0.3, 0.4) is 0 Å². The Labute approximate surface area is 147 Å². The largest absolute Gasteiger partial charge is 0.446 e. The molecule has 3 rings (SSSR count). The summed E-state index contributed by atoms with van der Waals surface area (Å²) in [6.07, 6.45) is 1.30. The molecule has 0 aliphatic carbocycles. The first-order chi connectivity index (χ1) is 12.1. The predicted octanol–water partition coefficient (Wildman–Crippen LogP) is 3.69. The van der Waals surface area contributed by atoms with Crippen molar-refractivity contribution in [1.29, 1.82) is 0 Å². The Morgan fingerprint density at radius 1 is 1.32 bits per heavy atom. The van der Waals surface area contributed by atoms with Gasteiger partial charge in [-0.25, -0.2) is 4.79 Å². The van der Waals surface area contributed by atoms with E-state index in [9.17, 15) is 4.79 Å². The Kier molecular flexibility index (Phi) is 5.71. The first kappa shape index (κ1) is 17.5. The monoisotopic (exact) mass is 344 g/mol. The van der Waals surface area contributed by atoms with Crippen molar-refractivity contribution in [3.63, 3.8) is 0 Å². The number of nitrogens with zero attached hydrogens (tertiary/aromatic N) is 1. The zero-order valence-electron chi connectivity index (χ0n) is 14.7. The van der Waals surface area contributed by atoms with Crippen molar-refractivity contribution in [2.24, 2.45) is 5.92 Å². The quantitative estimate of drug-likeness (QED) is 0.895. The van der Waals surface area contributed by atoms with Gasteiger partial charge in [-0.1, -0.05) is 35.5 Å². The lowest BCUT2D eigenvalue weighted by Gasteiger charge is -2.27. The molecule has 6 nitrogen and oxygen atoms in total. The molecular weight excluding hydrogens is 320 g/mol. The van der Waals surface area contributed by atoms with Gasteiger partial charge < -0.3 is 19.3 Å². The van der Waals surface area contributed by atoms with Crippen LogP contribution in [-0.2, 0) is 16.0 Å². The van der Waals surface area contributed by atoms with Crippen LogP contribution in [0.2, 0.25) is 0 Å². The van der Waals surface area contributed by atoms with Crippen molar-refractivity contribution in [2.75, 3.05) is 13.2 Å². The maximum Gasteiger partial charge on any atom is 0.407 e. The number of hydrogen-bond donors (Lipinski definition) is 1. The molecule has 1 aliphatic heterocycles. The summed E-state index contributed by atoms with van der Waals surface area (Å²) < 4.78 is 16.3. The molecule has 0 saturated carbocycles. The third-order valence-electron chi connectivity index (χ3n) is 4.68. The molecule has 0 radical (unpaired) electrons. The lowest BCUT2D eigenvalue weighted by molar-refractivity contribution is 0.00471. The van der Waals surface area contributed by atoms with E-state index in [-0.39, 0.29) is 12.6 Å². The molecule has 1 aliphatic rings. The van der Waals surface area contributed by atoms with Crippen LogP contribution < -0.4 is 5.32 Å². The van der Waals surface area contributed by atoms with Gasteiger partial charge in [0.2, 0.25) is 0 Å². The highest BCUT2D eigenvalue weighted by molar-refractivity contribution is 5.67. The van der Waals surface area contributed by atoms with Crippen LogP contribution >= 0.6 is 0 Å². The van der Waals surface area contributed by atoms with E-state index in [0.29, 0.717) is 11.6 Å². The average molecular weight is 344 g/mol. The highest BCUT2D eigenvalue weighted by atomic mass is 16.6. The normalized spacial score (nSPS) is 16.4. The topological polar surface area (TPSA) is 73.6 Å². The highest BCUT2D eigenvalue weighted by Crippen LogP contribution is 2.25. The lowest BCUT2D eigenvalue weighted by Crippen LogP contribution is -2.33. The molecule has 2 aromatic rings. The fraction of sp³-hybridized carbons (Fsp3) is 0.474. The standard InChI is InChI=1S/C19H24N2O4/c1-13-17(21-25-18(13)16-6-4-3-5-7-16)12-20-19(22)24-14(2)15-8-10-23-11-9-15/h3-7,14-15H,8-12H2,1-2H3,(H,20,22)/t14-/m0/s1. The fourth-order valence-corrected chi connectivity index (χ4v) is 3.04. The van der Waals surface area contributed by atoms with Crippen LogP contribution in [0.25, 0.3) is 11.3 Å². The molecule has 134 valence electrons. The molecule has 1 aromatic carbocycles. The maximum atomic E-state index is 12.0. The van der Waals surface area contributed by atoms with Crippen molar-refractivity contribution in [2.45, 2.75) is 39.3 Å². The Balaban J connectivity index is 1.53. The molecule has 6 heteroatoms. The second-order valence-electron chi connectivity index (χ2n) is 6.36. The Morgan fingerprint density at radius 3 is 2.76 bits per heavy atom. The van der Waals surface area contributed by atoms with Gasteiger partial charge >= 0.3 is 6.09 Å². The van der Waals surface area contributed by atoms with Crippen molar-refractivity contribution < 1.29 is 18.8 Å². The lowest BCUT2D eigenvalue weighted by atomic mass is 9.95. The van der Waals surface area contributed by atoms with Crippen LogP contribution in [0.1, 0.15) is 31.0 Å². The molecule has 1 N–H and O–H groups in total. The molecule has 1 fully saturated rings. The predicted molar refractivity (Wildman–Crippen MR) is 93.0 cm³/mol. The minimum Gasteiger partial charge on any atom is -0.446 e. The number of rotatable bonds is 5. The molecule has 1 aromatic heterocycles. The van der Waals surface area contributed by atoms with E-state index >= 15 is 0 Å². The van der Waals surface area contributed by atoms with Crippen LogP contribution in [-0.4, -0.2) is 30.6 Å². The van der Waals surface area contributed by atoms with Gasteiger partial charge in [0.25, 0.3) is 0 Å². The number of aromatic nitrogens is 1. The molecule has 25 heavy (non-hydrogen) atoms. The number of amides is 1. The molecule has 1 amide bonds. The van der Waals surface area contributed by atoms with Crippen LogP contribution in [0, 0.1) is 12.8 Å². The zero-order valence-corrected chi connectivity index (χ0v) is 14.7. The molecule has 0 bridgehead atoms. The van der Waals surface area contributed by atoms with Gasteiger partial charge in [-0.2, -0.15) is 0 Å². The molecule has 2 heterocycles. The second-order valence-corrected chi connectivity index (χ2v) is 6.36. The first-order valence-corrected chi connectivity index (χ1v) is 8.68. The average Bonchev–Trinajstić information content (AvgIpc) is 3.02. The summed E-state index contributed by atoms with van der Waals surface area (Å²) >= 11 is 0. The van der Waals surface area contributed by atoms with E-state index in [1.54, 1.807) is 0 Å². The van der Waals surface area contributed by atoms with E-state index in [2.05, 4.69) is 10.5 Å². The van der Waals surface area contributed by atoms with Crippen molar-refractivity contribution in [1.82, 2.24) is 10.5 Å². The van der Waals surface area contributed by atoms with Gasteiger partial charge in [0, 0.05) is 30.3 Å². The fourth-order valence-electron chi connectivity index (χ4n) is 3.04. The number of alkyl carbamates (subject to hydrolysis) is 1. The first-order valence-electron chi connectivity index (χ1n) is 8.68. The number of hydrogen-bond acceptors (Lipinski definition) is 5. The van der Waals surface area contributed by atoms with Gasteiger partial charge in [-0.3, -0.25) is 0 Å². The summed E-state index contributed by atoms with van der Waals surface area (Å²) in [4.78, 5) is 12.0. The maximum absolute atomic E-state index is 12.0. The third-order valence-corrected chi connectivity index (χ3v) is 4.68. The van der Waals surface area contributed by atoms with E-state index < -0.39 is 6.09 Å². The summed E-state index contributed by atoms with van der Waals surface area (Å²) in [5.41, 5.74) is 2.59. The molecule has 1 saturated heterocycles. The summed E-state index contributed by atoms with van der Waals surface area (Å²) in [6.45, 7) is 5.62. The minimum absolute atomic E-state index is 0.123. The number of benzene rings is 1. The summed E-state index contributed by atoms with van der Waals surface area (Å²) in [7, 11) is 0. The summed E-state index contributed by atoms with van der Waals surface area (Å²) in [5.74, 6) is 1.08.